The van der Waals surface area contributed by atoms with Gasteiger partial charge in [-0.2, -0.15) is 16.1 Å². The number of amides is 1. The molecular formula is C15H21N3O3S2. The first kappa shape index (κ1) is 16.8. The highest BCUT2D eigenvalue weighted by Gasteiger charge is 2.31. The predicted octanol–water partition coefficient (Wildman–Crippen LogP) is 0.597. The van der Waals surface area contributed by atoms with E-state index in [0.29, 0.717) is 25.1 Å². The van der Waals surface area contributed by atoms with E-state index in [4.69, 9.17) is 5.73 Å². The molecule has 1 atom stereocenters. The summed E-state index contributed by atoms with van der Waals surface area (Å²) in [5, 5.41) is 0. The summed E-state index contributed by atoms with van der Waals surface area (Å²) in [6, 6.07) is 6.15. The summed E-state index contributed by atoms with van der Waals surface area (Å²) in [6.07, 6.45) is 0.683. The van der Waals surface area contributed by atoms with Gasteiger partial charge in [0.2, 0.25) is 10.0 Å². The number of hydrogen-bond donors (Lipinski definition) is 1. The van der Waals surface area contributed by atoms with Gasteiger partial charge >= 0.3 is 0 Å². The minimum absolute atomic E-state index is 0.0301. The van der Waals surface area contributed by atoms with Crippen molar-refractivity contribution in [2.45, 2.75) is 17.4 Å². The lowest BCUT2D eigenvalue weighted by Gasteiger charge is -2.26. The van der Waals surface area contributed by atoms with Crippen LogP contribution in [0.4, 0.5) is 0 Å². The van der Waals surface area contributed by atoms with E-state index in [1.54, 1.807) is 12.1 Å². The first-order chi connectivity index (χ1) is 11.0. The molecular weight excluding hydrogens is 334 g/mol. The number of hydrogen-bond acceptors (Lipinski definition) is 5. The topological polar surface area (TPSA) is 83.7 Å². The maximum atomic E-state index is 12.5. The molecule has 0 aromatic heterocycles. The van der Waals surface area contributed by atoms with Crippen molar-refractivity contribution < 1.29 is 13.2 Å². The molecule has 0 aliphatic carbocycles. The number of sulfonamides is 1. The summed E-state index contributed by atoms with van der Waals surface area (Å²) in [7, 11) is -3.51. The molecule has 23 heavy (non-hydrogen) atoms. The Hall–Kier alpha value is -1.09. The largest absolute Gasteiger partial charge is 0.337 e. The molecule has 3 rings (SSSR count). The Morgan fingerprint density at radius 3 is 2.35 bits per heavy atom. The third kappa shape index (κ3) is 3.55. The molecule has 0 unspecified atom stereocenters. The molecule has 0 radical (unpaired) electrons. The summed E-state index contributed by atoms with van der Waals surface area (Å²) in [5.41, 5.74) is 6.32. The Bertz CT molecular complexity index is 670. The van der Waals surface area contributed by atoms with Gasteiger partial charge in [-0.05, 0) is 30.7 Å². The molecule has 2 aliphatic rings. The average Bonchev–Trinajstić information content (AvgIpc) is 3.02. The highest BCUT2D eigenvalue weighted by Crippen LogP contribution is 2.21. The lowest BCUT2D eigenvalue weighted by Crippen LogP contribution is -2.37. The van der Waals surface area contributed by atoms with E-state index in [9.17, 15) is 13.2 Å². The van der Waals surface area contributed by atoms with E-state index < -0.39 is 10.0 Å². The molecule has 1 aromatic rings. The quantitative estimate of drug-likeness (QED) is 0.858. The van der Waals surface area contributed by atoms with E-state index in [1.165, 1.54) is 16.4 Å². The van der Waals surface area contributed by atoms with Crippen LogP contribution in [0.5, 0.6) is 0 Å². The Balaban J connectivity index is 1.75. The molecule has 2 saturated heterocycles. The fourth-order valence-electron chi connectivity index (χ4n) is 2.84. The van der Waals surface area contributed by atoms with Gasteiger partial charge in [-0.1, -0.05) is 0 Å². The van der Waals surface area contributed by atoms with Crippen molar-refractivity contribution in [1.82, 2.24) is 9.21 Å². The third-order valence-corrected chi connectivity index (χ3v) is 7.05. The predicted molar refractivity (Wildman–Crippen MR) is 91.0 cm³/mol. The van der Waals surface area contributed by atoms with Gasteiger partial charge in [0.15, 0.2) is 0 Å². The molecule has 0 spiro atoms. The normalized spacial score (nSPS) is 23.2. The van der Waals surface area contributed by atoms with Crippen molar-refractivity contribution in [2.75, 3.05) is 37.7 Å². The van der Waals surface area contributed by atoms with Crippen LogP contribution >= 0.6 is 11.8 Å². The van der Waals surface area contributed by atoms with Crippen LogP contribution in [-0.2, 0) is 10.0 Å². The summed E-state index contributed by atoms with van der Waals surface area (Å²) in [4.78, 5) is 14.4. The number of nitrogens with two attached hydrogens (primary N) is 1. The molecule has 2 fully saturated rings. The Morgan fingerprint density at radius 2 is 1.78 bits per heavy atom. The van der Waals surface area contributed by atoms with Crippen LogP contribution in [0.25, 0.3) is 0 Å². The summed E-state index contributed by atoms with van der Waals surface area (Å²) >= 11 is 1.84. The minimum atomic E-state index is -3.51. The number of carbonyl (C=O) groups excluding carboxylic acids is 1. The number of benzene rings is 1. The van der Waals surface area contributed by atoms with E-state index >= 15 is 0 Å². The first-order valence-corrected chi connectivity index (χ1v) is 10.3. The fraction of sp³-hybridized carbons (Fsp3) is 0.533. The molecule has 0 bridgehead atoms. The maximum Gasteiger partial charge on any atom is 0.253 e. The molecule has 2 heterocycles. The van der Waals surface area contributed by atoms with Crippen LogP contribution in [0.1, 0.15) is 16.8 Å². The molecule has 8 heteroatoms. The number of carbonyl (C=O) groups is 1. The fourth-order valence-corrected chi connectivity index (χ4v) is 5.25. The zero-order chi connectivity index (χ0) is 16.4. The van der Waals surface area contributed by atoms with Gasteiger partial charge in [-0.15, -0.1) is 0 Å². The smallest absolute Gasteiger partial charge is 0.253 e. The van der Waals surface area contributed by atoms with Gasteiger partial charge in [0.25, 0.3) is 5.91 Å². The van der Waals surface area contributed by atoms with Crippen LogP contribution in [0.3, 0.4) is 0 Å². The molecule has 2 N–H and O–H groups in total. The lowest BCUT2D eigenvalue weighted by atomic mass is 10.2. The summed E-state index contributed by atoms with van der Waals surface area (Å²) in [5.74, 6) is 1.87. The minimum Gasteiger partial charge on any atom is -0.337 e. The zero-order valence-corrected chi connectivity index (χ0v) is 14.5. The number of nitrogens with zero attached hydrogens (tertiary/aromatic N) is 2. The maximum absolute atomic E-state index is 12.5. The molecule has 0 saturated carbocycles. The van der Waals surface area contributed by atoms with Gasteiger partial charge in [0.05, 0.1) is 4.90 Å². The zero-order valence-electron chi connectivity index (χ0n) is 12.8. The van der Waals surface area contributed by atoms with Crippen LogP contribution in [0.15, 0.2) is 29.2 Å². The van der Waals surface area contributed by atoms with Crippen molar-refractivity contribution >= 4 is 27.7 Å². The molecule has 1 aromatic carbocycles. The Kier molecular flexibility index (Phi) is 4.96. The summed E-state index contributed by atoms with van der Waals surface area (Å²) < 4.78 is 26.5. The van der Waals surface area contributed by atoms with E-state index in [0.717, 1.165) is 24.6 Å². The number of rotatable bonds is 3. The van der Waals surface area contributed by atoms with Crippen LogP contribution in [0.2, 0.25) is 0 Å². The van der Waals surface area contributed by atoms with Crippen molar-refractivity contribution in [3.63, 3.8) is 0 Å². The van der Waals surface area contributed by atoms with Crippen LogP contribution in [0, 0.1) is 0 Å². The Labute approximate surface area is 141 Å². The van der Waals surface area contributed by atoms with Crippen molar-refractivity contribution in [2.24, 2.45) is 5.73 Å². The van der Waals surface area contributed by atoms with Crippen molar-refractivity contribution in [3.05, 3.63) is 29.8 Å². The van der Waals surface area contributed by atoms with Crippen LogP contribution < -0.4 is 5.73 Å². The van der Waals surface area contributed by atoms with Gasteiger partial charge in [-0.3, -0.25) is 4.79 Å². The number of thioether (sulfide) groups is 1. The van der Waals surface area contributed by atoms with Crippen molar-refractivity contribution in [1.29, 1.82) is 0 Å². The molecule has 6 nitrogen and oxygen atoms in total. The first-order valence-electron chi connectivity index (χ1n) is 7.71. The van der Waals surface area contributed by atoms with E-state index in [-0.39, 0.29) is 16.8 Å². The lowest BCUT2D eigenvalue weighted by molar-refractivity contribution is 0.0772. The average molecular weight is 355 g/mol. The second kappa shape index (κ2) is 6.80. The SMILES string of the molecule is N[C@H]1CCN(S(=O)(=O)c2ccc(C(=O)N3CCSCC3)cc2)C1. The highest BCUT2D eigenvalue weighted by molar-refractivity contribution is 7.99. The van der Waals surface area contributed by atoms with Gasteiger partial charge in [-0.25, -0.2) is 8.42 Å². The molecule has 2 aliphatic heterocycles. The van der Waals surface area contributed by atoms with Crippen LogP contribution in [-0.4, -0.2) is 67.3 Å². The second-order valence-electron chi connectivity index (χ2n) is 5.84. The van der Waals surface area contributed by atoms with Gasteiger partial charge < -0.3 is 10.6 Å². The monoisotopic (exact) mass is 355 g/mol. The molecule has 1 amide bonds. The molecule has 126 valence electrons. The van der Waals surface area contributed by atoms with E-state index in [1.807, 2.05) is 16.7 Å². The second-order valence-corrected chi connectivity index (χ2v) is 9.00. The van der Waals surface area contributed by atoms with E-state index in [2.05, 4.69) is 0 Å². The van der Waals surface area contributed by atoms with Crippen molar-refractivity contribution in [3.8, 4) is 0 Å². The van der Waals surface area contributed by atoms with Gasteiger partial charge in [0.1, 0.15) is 0 Å². The Morgan fingerprint density at radius 1 is 1.13 bits per heavy atom. The summed E-state index contributed by atoms with van der Waals surface area (Å²) in [6.45, 7) is 2.30. The highest BCUT2D eigenvalue weighted by atomic mass is 32.2. The van der Waals surface area contributed by atoms with Gasteiger partial charge in [0, 0.05) is 49.3 Å². The standard InChI is InChI=1S/C15H21N3O3S2/c16-13-5-6-18(11-13)23(20,21)14-3-1-12(2-4-14)15(19)17-7-9-22-10-8-17/h1-4,13H,5-11,16H2/t13-/m0/s1. The third-order valence-electron chi connectivity index (χ3n) is 4.22.